The lowest BCUT2D eigenvalue weighted by Crippen LogP contribution is -2.32. The highest BCUT2D eigenvalue weighted by Gasteiger charge is 2.09. The molecule has 1 aliphatic rings. The number of nitriles is 1. The molecule has 0 atom stereocenters. The number of likely N-dealkylation sites (tertiary alicyclic amines) is 1. The minimum Gasteiger partial charge on any atom is -0.385 e. The summed E-state index contributed by atoms with van der Waals surface area (Å²) in [5.41, 5.74) is 5.62. The van der Waals surface area contributed by atoms with Crippen LogP contribution in [0.25, 0.3) is 0 Å². The Morgan fingerprint density at radius 1 is 1.36 bits per heavy atom. The second-order valence-electron chi connectivity index (χ2n) is 2.75. The molecule has 0 radical (unpaired) electrons. The van der Waals surface area contributed by atoms with E-state index in [0.717, 1.165) is 13.1 Å². The van der Waals surface area contributed by atoms with Crippen molar-refractivity contribution in [3.05, 3.63) is 11.9 Å². The van der Waals surface area contributed by atoms with Crippen molar-refractivity contribution in [2.45, 2.75) is 19.3 Å². The molecule has 0 aliphatic carbocycles. The molecule has 60 valence electrons. The summed E-state index contributed by atoms with van der Waals surface area (Å²) < 4.78 is 0. The zero-order valence-electron chi connectivity index (χ0n) is 6.58. The lowest BCUT2D eigenvalue weighted by molar-refractivity contribution is 0.283. The second-order valence-corrected chi connectivity index (χ2v) is 2.75. The molecular formula is C8H13N3. The molecule has 0 aromatic carbocycles. The number of allylic oxidation sites excluding steroid dienone is 1. The van der Waals surface area contributed by atoms with Gasteiger partial charge in [-0.1, -0.05) is 0 Å². The minimum atomic E-state index is 0.618. The van der Waals surface area contributed by atoms with E-state index in [1.807, 2.05) is 6.07 Å². The Kier molecular flexibility index (Phi) is 2.79. The summed E-state index contributed by atoms with van der Waals surface area (Å²) in [7, 11) is 0. The van der Waals surface area contributed by atoms with Crippen LogP contribution in [0, 0.1) is 11.3 Å². The summed E-state index contributed by atoms with van der Waals surface area (Å²) in [6.07, 6.45) is 5.08. The van der Waals surface area contributed by atoms with Crippen molar-refractivity contribution in [1.82, 2.24) is 4.90 Å². The van der Waals surface area contributed by atoms with Gasteiger partial charge in [-0.15, -0.1) is 0 Å². The number of nitrogens with two attached hydrogens (primary N) is 1. The van der Waals surface area contributed by atoms with Crippen LogP contribution in [-0.2, 0) is 0 Å². The predicted molar refractivity (Wildman–Crippen MR) is 43.3 cm³/mol. The van der Waals surface area contributed by atoms with E-state index >= 15 is 0 Å². The van der Waals surface area contributed by atoms with E-state index in [0.29, 0.717) is 5.82 Å². The van der Waals surface area contributed by atoms with Crippen LogP contribution in [-0.4, -0.2) is 18.0 Å². The van der Waals surface area contributed by atoms with E-state index in [1.54, 1.807) is 0 Å². The smallest absolute Gasteiger partial charge is 0.109 e. The summed E-state index contributed by atoms with van der Waals surface area (Å²) in [6, 6.07) is 1.94. The van der Waals surface area contributed by atoms with Crippen molar-refractivity contribution in [3.8, 4) is 6.07 Å². The number of nitrogens with zero attached hydrogens (tertiary/aromatic N) is 2. The van der Waals surface area contributed by atoms with Gasteiger partial charge >= 0.3 is 0 Å². The predicted octanol–water partition coefficient (Wildman–Crippen LogP) is 0.796. The topological polar surface area (TPSA) is 53.1 Å². The first-order valence-electron chi connectivity index (χ1n) is 3.95. The summed E-state index contributed by atoms with van der Waals surface area (Å²) in [4.78, 5) is 2.06. The Morgan fingerprint density at radius 3 is 2.55 bits per heavy atom. The van der Waals surface area contributed by atoms with Crippen molar-refractivity contribution >= 4 is 0 Å². The fraction of sp³-hybridized carbons (Fsp3) is 0.625. The summed E-state index contributed by atoms with van der Waals surface area (Å²) in [5, 5.41) is 8.33. The number of rotatable bonds is 1. The molecule has 0 amide bonds. The average molecular weight is 151 g/mol. The SMILES string of the molecule is N#CC=C(N)N1CCCCC1. The summed E-state index contributed by atoms with van der Waals surface area (Å²) in [6.45, 7) is 2.01. The summed E-state index contributed by atoms with van der Waals surface area (Å²) >= 11 is 0. The van der Waals surface area contributed by atoms with Crippen molar-refractivity contribution in [2.24, 2.45) is 5.73 Å². The average Bonchev–Trinajstić information content (AvgIpc) is 2.07. The minimum absolute atomic E-state index is 0.618. The van der Waals surface area contributed by atoms with Crippen LogP contribution in [0.2, 0.25) is 0 Å². The lowest BCUT2D eigenvalue weighted by atomic mass is 10.1. The van der Waals surface area contributed by atoms with Crippen molar-refractivity contribution in [2.75, 3.05) is 13.1 Å². The van der Waals surface area contributed by atoms with Gasteiger partial charge in [-0.3, -0.25) is 0 Å². The van der Waals surface area contributed by atoms with Gasteiger partial charge in [0.1, 0.15) is 5.82 Å². The number of hydrogen-bond acceptors (Lipinski definition) is 3. The van der Waals surface area contributed by atoms with E-state index in [4.69, 9.17) is 11.0 Å². The molecule has 1 heterocycles. The third kappa shape index (κ3) is 2.15. The van der Waals surface area contributed by atoms with Crippen LogP contribution >= 0.6 is 0 Å². The van der Waals surface area contributed by atoms with Gasteiger partial charge in [0.05, 0.1) is 12.1 Å². The molecule has 0 spiro atoms. The molecule has 0 aromatic rings. The van der Waals surface area contributed by atoms with E-state index in [1.165, 1.54) is 25.3 Å². The molecule has 1 aliphatic heterocycles. The molecular weight excluding hydrogens is 138 g/mol. The first-order chi connectivity index (χ1) is 5.34. The van der Waals surface area contributed by atoms with Gasteiger partial charge in [0.15, 0.2) is 0 Å². The second kappa shape index (κ2) is 3.87. The third-order valence-electron chi connectivity index (χ3n) is 1.93. The summed E-state index contributed by atoms with van der Waals surface area (Å²) in [5.74, 6) is 0.618. The van der Waals surface area contributed by atoms with Crippen LogP contribution in [0.4, 0.5) is 0 Å². The Hall–Kier alpha value is -1.17. The highest BCUT2D eigenvalue weighted by Crippen LogP contribution is 2.10. The Balaban J connectivity index is 2.46. The third-order valence-corrected chi connectivity index (χ3v) is 1.93. The Labute approximate surface area is 67.1 Å². The van der Waals surface area contributed by atoms with Crippen LogP contribution in [0.5, 0.6) is 0 Å². The number of piperidine rings is 1. The largest absolute Gasteiger partial charge is 0.385 e. The maximum absolute atomic E-state index is 8.33. The van der Waals surface area contributed by atoms with Gasteiger partial charge in [0, 0.05) is 13.1 Å². The number of hydrogen-bond donors (Lipinski definition) is 1. The molecule has 0 aromatic heterocycles. The maximum atomic E-state index is 8.33. The molecule has 1 fully saturated rings. The molecule has 0 unspecified atom stereocenters. The molecule has 1 saturated heterocycles. The van der Waals surface area contributed by atoms with Crippen LogP contribution < -0.4 is 5.73 Å². The fourth-order valence-corrected chi connectivity index (χ4v) is 1.31. The molecule has 11 heavy (non-hydrogen) atoms. The zero-order valence-corrected chi connectivity index (χ0v) is 6.58. The maximum Gasteiger partial charge on any atom is 0.109 e. The fourth-order valence-electron chi connectivity index (χ4n) is 1.31. The highest BCUT2D eigenvalue weighted by atomic mass is 15.2. The molecule has 0 saturated carbocycles. The van der Waals surface area contributed by atoms with E-state index in [-0.39, 0.29) is 0 Å². The van der Waals surface area contributed by atoms with Crippen LogP contribution in [0.15, 0.2) is 11.9 Å². The van der Waals surface area contributed by atoms with E-state index in [9.17, 15) is 0 Å². The standard InChI is InChI=1S/C8H13N3/c9-5-4-8(10)11-6-2-1-3-7-11/h4H,1-3,6-7,10H2. The van der Waals surface area contributed by atoms with Gasteiger partial charge in [0.25, 0.3) is 0 Å². The lowest BCUT2D eigenvalue weighted by Gasteiger charge is -2.28. The quantitative estimate of drug-likeness (QED) is 0.564. The molecule has 2 N–H and O–H groups in total. The van der Waals surface area contributed by atoms with Gasteiger partial charge < -0.3 is 10.6 Å². The molecule has 0 bridgehead atoms. The van der Waals surface area contributed by atoms with E-state index < -0.39 is 0 Å². The van der Waals surface area contributed by atoms with Crippen LogP contribution in [0.3, 0.4) is 0 Å². The first-order valence-corrected chi connectivity index (χ1v) is 3.95. The molecule has 3 heteroatoms. The van der Waals surface area contributed by atoms with Crippen molar-refractivity contribution < 1.29 is 0 Å². The Morgan fingerprint density at radius 2 is 2.00 bits per heavy atom. The normalized spacial score (nSPS) is 19.5. The van der Waals surface area contributed by atoms with Gasteiger partial charge in [0.2, 0.25) is 0 Å². The van der Waals surface area contributed by atoms with Crippen LogP contribution in [0.1, 0.15) is 19.3 Å². The highest BCUT2D eigenvalue weighted by molar-refractivity contribution is 5.09. The monoisotopic (exact) mass is 151 g/mol. The molecule has 1 rings (SSSR count). The van der Waals surface area contributed by atoms with Crippen molar-refractivity contribution in [1.29, 1.82) is 5.26 Å². The van der Waals surface area contributed by atoms with Gasteiger partial charge in [-0.2, -0.15) is 5.26 Å². The molecule has 3 nitrogen and oxygen atoms in total. The van der Waals surface area contributed by atoms with Crippen molar-refractivity contribution in [3.63, 3.8) is 0 Å². The zero-order chi connectivity index (χ0) is 8.10. The van der Waals surface area contributed by atoms with Gasteiger partial charge in [-0.05, 0) is 19.3 Å². The Bertz CT molecular complexity index is 184. The van der Waals surface area contributed by atoms with E-state index in [2.05, 4.69) is 4.90 Å². The van der Waals surface area contributed by atoms with Gasteiger partial charge in [-0.25, -0.2) is 0 Å². The first kappa shape index (κ1) is 7.93.